The SMILES string of the molecule is CC/C=C\C/C=C\C/C=C\C/C=C\C/C=C\CC(=O)OCC(COP(=O)(O)OCC(CO)OC(=O)CCCCCCCCCCCCCCCCC)OC(=O)CCCCCCCCCCCCCCCCC. The molecule has 0 heterocycles. The van der Waals surface area contributed by atoms with Gasteiger partial charge < -0.3 is 24.2 Å². The Morgan fingerprint density at radius 2 is 0.708 bits per heavy atom. The van der Waals surface area contributed by atoms with Crippen LogP contribution in [0.25, 0.3) is 0 Å². The summed E-state index contributed by atoms with van der Waals surface area (Å²) in [6.07, 6.45) is 59.2. The maximum Gasteiger partial charge on any atom is 0.472 e. The zero-order valence-corrected chi connectivity index (χ0v) is 47.0. The Hall–Kier alpha value is -2.82. The van der Waals surface area contributed by atoms with E-state index in [1.54, 1.807) is 6.08 Å². The molecule has 0 aliphatic heterocycles. The fourth-order valence-corrected chi connectivity index (χ4v) is 8.86. The third-order valence-electron chi connectivity index (χ3n) is 12.5. The van der Waals surface area contributed by atoms with E-state index in [4.69, 9.17) is 23.3 Å². The Labute approximate surface area is 440 Å². The van der Waals surface area contributed by atoms with Gasteiger partial charge in [0.05, 0.1) is 26.2 Å². The van der Waals surface area contributed by atoms with Gasteiger partial charge in [0.2, 0.25) is 0 Å². The van der Waals surface area contributed by atoms with Gasteiger partial charge in [-0.05, 0) is 44.9 Å². The highest BCUT2D eigenvalue weighted by atomic mass is 31.2. The summed E-state index contributed by atoms with van der Waals surface area (Å²) in [7, 11) is -4.76. The number of allylic oxidation sites excluding steroid dienone is 9. The highest BCUT2D eigenvalue weighted by molar-refractivity contribution is 7.47. The molecule has 0 aromatic rings. The Bertz CT molecular complexity index is 1440. The van der Waals surface area contributed by atoms with Crippen molar-refractivity contribution >= 4 is 25.7 Å². The van der Waals surface area contributed by atoms with Crippen LogP contribution in [-0.2, 0) is 42.2 Å². The maximum absolute atomic E-state index is 12.9. The minimum Gasteiger partial charge on any atom is -0.461 e. The molecule has 72 heavy (non-hydrogen) atoms. The van der Waals surface area contributed by atoms with Crippen molar-refractivity contribution < 1.29 is 52.2 Å². The summed E-state index contributed by atoms with van der Waals surface area (Å²) in [6, 6.07) is 0. The molecule has 0 aliphatic rings. The molecule has 12 heteroatoms. The number of unbranched alkanes of at least 4 members (excludes halogenated alkanes) is 28. The van der Waals surface area contributed by atoms with E-state index in [0.717, 1.165) is 64.2 Å². The molecule has 0 amide bonds. The minimum absolute atomic E-state index is 0.00349. The van der Waals surface area contributed by atoms with E-state index in [0.29, 0.717) is 19.3 Å². The number of carbonyl (C=O) groups is 3. The van der Waals surface area contributed by atoms with Crippen molar-refractivity contribution in [2.75, 3.05) is 26.4 Å². The smallest absolute Gasteiger partial charge is 0.461 e. The van der Waals surface area contributed by atoms with E-state index in [2.05, 4.69) is 63.3 Å². The molecule has 0 radical (unpaired) electrons. The van der Waals surface area contributed by atoms with Crippen molar-refractivity contribution in [1.82, 2.24) is 0 Å². The van der Waals surface area contributed by atoms with Gasteiger partial charge in [-0.1, -0.05) is 261 Å². The first-order chi connectivity index (χ1) is 35.2. The number of esters is 3. The van der Waals surface area contributed by atoms with E-state index in [-0.39, 0.29) is 25.9 Å². The molecule has 0 spiro atoms. The third kappa shape index (κ3) is 52.1. The number of ether oxygens (including phenoxy) is 3. The van der Waals surface area contributed by atoms with E-state index in [9.17, 15) is 28.9 Å². The summed E-state index contributed by atoms with van der Waals surface area (Å²) in [5.41, 5.74) is 0. The normalized spacial score (nSPS) is 13.8. The molecule has 0 fully saturated rings. The average Bonchev–Trinajstić information content (AvgIpc) is 3.37. The number of phosphoric ester groups is 1. The van der Waals surface area contributed by atoms with Gasteiger partial charge in [0.15, 0.2) is 6.10 Å². The number of hydrogen-bond donors (Lipinski definition) is 2. The third-order valence-corrected chi connectivity index (χ3v) is 13.4. The molecule has 2 N–H and O–H groups in total. The fraction of sp³-hybridized carbons (Fsp3) is 0.783. The molecule has 0 bridgehead atoms. The second-order valence-corrected chi connectivity index (χ2v) is 20.9. The van der Waals surface area contributed by atoms with Crippen molar-refractivity contribution in [3.05, 3.63) is 60.8 Å². The first-order valence-corrected chi connectivity index (χ1v) is 30.7. The van der Waals surface area contributed by atoms with Crippen LogP contribution >= 0.6 is 7.82 Å². The van der Waals surface area contributed by atoms with E-state index < -0.39 is 57.8 Å². The number of phosphoric acid groups is 1. The molecule has 418 valence electrons. The highest BCUT2D eigenvalue weighted by Crippen LogP contribution is 2.43. The van der Waals surface area contributed by atoms with Crippen molar-refractivity contribution in [3.63, 3.8) is 0 Å². The predicted octanol–water partition coefficient (Wildman–Crippen LogP) is 17.1. The van der Waals surface area contributed by atoms with Crippen molar-refractivity contribution in [2.24, 2.45) is 0 Å². The zero-order chi connectivity index (χ0) is 52.7. The number of aliphatic hydroxyl groups excluding tert-OH is 1. The molecule has 0 aromatic heterocycles. The van der Waals surface area contributed by atoms with E-state index in [1.165, 1.54) is 141 Å². The number of carbonyl (C=O) groups excluding carboxylic acids is 3. The van der Waals surface area contributed by atoms with Crippen LogP contribution in [0.2, 0.25) is 0 Å². The highest BCUT2D eigenvalue weighted by Gasteiger charge is 2.28. The van der Waals surface area contributed by atoms with Crippen LogP contribution in [0.1, 0.15) is 265 Å². The van der Waals surface area contributed by atoms with Gasteiger partial charge in [-0.25, -0.2) is 4.57 Å². The van der Waals surface area contributed by atoms with Crippen LogP contribution in [0.15, 0.2) is 60.8 Å². The lowest BCUT2D eigenvalue weighted by Gasteiger charge is -2.21. The monoisotopic (exact) mass is 1030 g/mol. The van der Waals surface area contributed by atoms with Crippen molar-refractivity contribution in [3.8, 4) is 0 Å². The van der Waals surface area contributed by atoms with Crippen LogP contribution in [-0.4, -0.2) is 66.5 Å². The molecular formula is C60H107O11P. The summed E-state index contributed by atoms with van der Waals surface area (Å²) in [5.74, 6) is -1.60. The standard InChI is InChI=1S/C60H107O11P/c1-4-7-10-13-16-19-22-25-28-31-34-37-40-43-46-49-58(62)67-53-57(71-60(64)51-48-45-42-39-36-33-30-27-24-21-18-15-12-9-6-3)55-69-72(65,66)68-54-56(52-61)70-59(63)50-47-44-41-38-35-32-29-26-23-20-17-14-11-8-5-2/h7,10,16,19,25,28,34,37,43,46,56-57,61H,4-6,8-9,11-15,17-18,20-24,26-27,29-33,35-36,38-42,44-45,47-55H2,1-3H3,(H,65,66)/b10-7-,19-16-,28-25-,37-34-,46-43-. The average molecular weight is 1040 g/mol. The second kappa shape index (κ2) is 54.4. The summed E-state index contributed by atoms with van der Waals surface area (Å²) in [5, 5.41) is 9.81. The first kappa shape index (κ1) is 69.2. The quantitative estimate of drug-likeness (QED) is 0.0197. The van der Waals surface area contributed by atoms with E-state index >= 15 is 0 Å². The van der Waals surface area contributed by atoms with E-state index in [1.807, 2.05) is 12.2 Å². The molecule has 0 rings (SSSR count). The molecule has 3 unspecified atom stereocenters. The Morgan fingerprint density at radius 3 is 1.06 bits per heavy atom. The van der Waals surface area contributed by atoms with Gasteiger partial charge in [-0.3, -0.25) is 23.4 Å². The Balaban J connectivity index is 4.78. The van der Waals surface area contributed by atoms with Crippen LogP contribution in [0.4, 0.5) is 0 Å². The number of hydrogen-bond acceptors (Lipinski definition) is 10. The minimum atomic E-state index is -4.76. The van der Waals surface area contributed by atoms with Gasteiger partial charge >= 0.3 is 25.7 Å². The summed E-state index contributed by atoms with van der Waals surface area (Å²) >= 11 is 0. The number of aliphatic hydroxyl groups is 1. The predicted molar refractivity (Wildman–Crippen MR) is 298 cm³/mol. The maximum atomic E-state index is 12.9. The van der Waals surface area contributed by atoms with Gasteiger partial charge in [0.25, 0.3) is 0 Å². The summed E-state index contributed by atoms with van der Waals surface area (Å²) in [6.45, 7) is 4.46. The van der Waals surface area contributed by atoms with Gasteiger partial charge in [-0.15, -0.1) is 0 Å². The molecule has 0 saturated heterocycles. The van der Waals surface area contributed by atoms with Crippen LogP contribution < -0.4 is 0 Å². The molecule has 0 saturated carbocycles. The van der Waals surface area contributed by atoms with Gasteiger partial charge in [0.1, 0.15) is 12.7 Å². The topological polar surface area (TPSA) is 155 Å². The lowest BCUT2D eigenvalue weighted by atomic mass is 10.0. The fourth-order valence-electron chi connectivity index (χ4n) is 8.08. The van der Waals surface area contributed by atoms with Gasteiger partial charge in [-0.2, -0.15) is 0 Å². The number of rotatable bonds is 54. The lowest BCUT2D eigenvalue weighted by Crippen LogP contribution is -2.30. The summed E-state index contributed by atoms with van der Waals surface area (Å²) < 4.78 is 39.4. The molecule has 3 atom stereocenters. The molecular weight excluding hydrogens is 928 g/mol. The first-order valence-electron chi connectivity index (χ1n) is 29.2. The van der Waals surface area contributed by atoms with Crippen molar-refractivity contribution in [2.45, 2.75) is 277 Å². The second-order valence-electron chi connectivity index (χ2n) is 19.5. The Morgan fingerprint density at radius 1 is 0.403 bits per heavy atom. The Kier molecular flexibility index (Phi) is 52.3. The summed E-state index contributed by atoms with van der Waals surface area (Å²) in [4.78, 5) is 48.5. The van der Waals surface area contributed by atoms with Crippen LogP contribution in [0.5, 0.6) is 0 Å². The molecule has 11 nitrogen and oxygen atoms in total. The van der Waals surface area contributed by atoms with Gasteiger partial charge in [0, 0.05) is 12.8 Å². The molecule has 0 aliphatic carbocycles. The van der Waals surface area contributed by atoms with Crippen molar-refractivity contribution in [1.29, 1.82) is 0 Å². The largest absolute Gasteiger partial charge is 0.472 e. The molecule has 0 aromatic carbocycles. The zero-order valence-electron chi connectivity index (χ0n) is 46.1. The lowest BCUT2D eigenvalue weighted by molar-refractivity contribution is -0.161. The van der Waals surface area contributed by atoms with Crippen LogP contribution in [0, 0.1) is 0 Å². The van der Waals surface area contributed by atoms with Crippen LogP contribution in [0.3, 0.4) is 0 Å².